The van der Waals surface area contributed by atoms with Gasteiger partial charge in [-0.25, -0.2) is 9.07 Å². The Morgan fingerprint density at radius 2 is 1.80 bits per heavy atom. The second-order valence-electron chi connectivity index (χ2n) is 6.38. The first-order chi connectivity index (χ1) is 14.5. The second-order valence-corrected chi connectivity index (χ2v) is 7.30. The lowest BCUT2D eigenvalue weighted by atomic mass is 10.1. The first-order valence-corrected chi connectivity index (χ1v) is 9.76. The molecule has 0 bridgehead atoms. The van der Waals surface area contributed by atoms with Crippen molar-refractivity contribution in [1.82, 2.24) is 15.0 Å². The lowest BCUT2D eigenvalue weighted by Gasteiger charge is -2.09. The van der Waals surface area contributed by atoms with E-state index in [2.05, 4.69) is 31.6 Å². The molecule has 0 spiro atoms. The minimum Gasteiger partial charge on any atom is -0.497 e. The molecule has 0 aliphatic heterocycles. The Morgan fingerprint density at radius 1 is 1.07 bits per heavy atom. The monoisotopic (exact) mass is 466 g/mol. The van der Waals surface area contributed by atoms with Crippen molar-refractivity contribution in [3.05, 3.63) is 88.8 Å². The van der Waals surface area contributed by atoms with Gasteiger partial charge in [0.15, 0.2) is 0 Å². The molecule has 0 saturated heterocycles. The van der Waals surface area contributed by atoms with Crippen molar-refractivity contribution >= 4 is 27.5 Å². The number of benzene rings is 3. The zero-order valence-electron chi connectivity index (χ0n) is 15.8. The Balaban J connectivity index is 1.55. The zero-order valence-corrected chi connectivity index (χ0v) is 17.4. The number of hydrogen-bond acceptors (Lipinski definition) is 4. The molecule has 4 rings (SSSR count). The van der Waals surface area contributed by atoms with Gasteiger partial charge in [-0.3, -0.25) is 4.79 Å². The third-order valence-electron chi connectivity index (χ3n) is 4.49. The van der Waals surface area contributed by atoms with Gasteiger partial charge in [0.05, 0.1) is 30.4 Å². The molecule has 3 aromatic carbocycles. The van der Waals surface area contributed by atoms with Gasteiger partial charge in [0.1, 0.15) is 11.6 Å². The predicted molar refractivity (Wildman–Crippen MR) is 115 cm³/mol. The van der Waals surface area contributed by atoms with Crippen molar-refractivity contribution in [2.24, 2.45) is 0 Å². The zero-order chi connectivity index (χ0) is 21.1. The fourth-order valence-electron chi connectivity index (χ4n) is 2.92. The Kier molecular flexibility index (Phi) is 5.58. The van der Waals surface area contributed by atoms with Gasteiger partial charge in [-0.05, 0) is 66.7 Å². The number of ether oxygens (including phenoxy) is 1. The fourth-order valence-corrected chi connectivity index (χ4v) is 3.26. The standard InChI is InChI=1S/C22H16BrFN4O2/c1-30-18-9-4-14(5-10-18)21-13-25-27-28(21)17-7-2-15(3-8-17)22(29)26-20-11-6-16(23)12-19(20)24/h2-13H,1H3,(H,26,29). The molecular weight excluding hydrogens is 451 g/mol. The van der Waals surface area contributed by atoms with Gasteiger partial charge in [-0.2, -0.15) is 0 Å². The highest BCUT2D eigenvalue weighted by molar-refractivity contribution is 9.10. The molecule has 1 N–H and O–H groups in total. The molecule has 0 radical (unpaired) electrons. The quantitative estimate of drug-likeness (QED) is 0.444. The molecule has 0 aliphatic rings. The highest BCUT2D eigenvalue weighted by atomic mass is 79.9. The lowest BCUT2D eigenvalue weighted by Crippen LogP contribution is -2.13. The molecule has 0 unspecified atom stereocenters. The van der Waals surface area contributed by atoms with Crippen molar-refractivity contribution in [1.29, 1.82) is 0 Å². The van der Waals surface area contributed by atoms with Gasteiger partial charge >= 0.3 is 0 Å². The third-order valence-corrected chi connectivity index (χ3v) is 4.98. The Morgan fingerprint density at radius 3 is 2.47 bits per heavy atom. The van der Waals surface area contributed by atoms with Crippen LogP contribution in [0.25, 0.3) is 16.9 Å². The SMILES string of the molecule is COc1ccc(-c2cnnn2-c2ccc(C(=O)Nc3ccc(Br)cc3F)cc2)cc1. The maximum atomic E-state index is 14.0. The molecule has 4 aromatic rings. The average molecular weight is 467 g/mol. The number of hydrogen-bond donors (Lipinski definition) is 1. The number of halogens is 2. The summed E-state index contributed by atoms with van der Waals surface area (Å²) in [6, 6.07) is 18.8. The summed E-state index contributed by atoms with van der Waals surface area (Å²) in [5, 5.41) is 10.7. The first-order valence-electron chi connectivity index (χ1n) is 8.97. The van der Waals surface area contributed by atoms with Crippen LogP contribution in [0.15, 0.2) is 77.4 Å². The van der Waals surface area contributed by atoms with Gasteiger partial charge in [0.25, 0.3) is 5.91 Å². The van der Waals surface area contributed by atoms with Crippen LogP contribution in [0.4, 0.5) is 10.1 Å². The highest BCUT2D eigenvalue weighted by Crippen LogP contribution is 2.24. The normalized spacial score (nSPS) is 10.6. The number of amides is 1. The van der Waals surface area contributed by atoms with Crippen molar-refractivity contribution in [3.63, 3.8) is 0 Å². The van der Waals surface area contributed by atoms with E-state index >= 15 is 0 Å². The average Bonchev–Trinajstić information content (AvgIpc) is 3.26. The van der Waals surface area contributed by atoms with E-state index in [1.807, 2.05) is 24.3 Å². The number of anilines is 1. The molecule has 30 heavy (non-hydrogen) atoms. The van der Waals surface area contributed by atoms with Gasteiger partial charge in [0.2, 0.25) is 0 Å². The topological polar surface area (TPSA) is 69.0 Å². The van der Waals surface area contributed by atoms with Crippen LogP contribution in [0.1, 0.15) is 10.4 Å². The first kappa shape index (κ1) is 19.8. The summed E-state index contributed by atoms with van der Waals surface area (Å²) < 4.78 is 21.4. The van der Waals surface area contributed by atoms with Gasteiger partial charge < -0.3 is 10.1 Å². The van der Waals surface area contributed by atoms with Crippen LogP contribution in [0.5, 0.6) is 5.75 Å². The van der Waals surface area contributed by atoms with Gasteiger partial charge in [-0.1, -0.05) is 21.1 Å². The Bertz CT molecular complexity index is 1190. The summed E-state index contributed by atoms with van der Waals surface area (Å²) in [4.78, 5) is 12.5. The van der Waals surface area contributed by atoms with Crippen molar-refractivity contribution < 1.29 is 13.9 Å². The molecule has 0 aliphatic carbocycles. The third kappa shape index (κ3) is 4.08. The molecule has 1 amide bonds. The largest absolute Gasteiger partial charge is 0.497 e. The van der Waals surface area contributed by atoms with Crippen LogP contribution in [0.3, 0.4) is 0 Å². The molecule has 1 heterocycles. The number of aromatic nitrogens is 3. The second kappa shape index (κ2) is 8.46. The van der Waals surface area contributed by atoms with E-state index < -0.39 is 11.7 Å². The predicted octanol–water partition coefficient (Wildman–Crippen LogP) is 5.10. The fraction of sp³-hybridized carbons (Fsp3) is 0.0455. The number of methoxy groups -OCH3 is 1. The van der Waals surface area contributed by atoms with E-state index in [9.17, 15) is 9.18 Å². The van der Waals surface area contributed by atoms with E-state index in [4.69, 9.17) is 4.74 Å². The Labute approximate surface area is 180 Å². The molecule has 6 nitrogen and oxygen atoms in total. The summed E-state index contributed by atoms with van der Waals surface area (Å²) in [5.41, 5.74) is 2.97. The van der Waals surface area contributed by atoms with Crippen LogP contribution >= 0.6 is 15.9 Å². The summed E-state index contributed by atoms with van der Waals surface area (Å²) in [6.45, 7) is 0. The van der Waals surface area contributed by atoms with E-state index in [-0.39, 0.29) is 5.69 Å². The smallest absolute Gasteiger partial charge is 0.255 e. The van der Waals surface area contributed by atoms with E-state index in [1.54, 1.807) is 48.3 Å². The van der Waals surface area contributed by atoms with Crippen molar-refractivity contribution in [2.45, 2.75) is 0 Å². The minimum atomic E-state index is -0.513. The lowest BCUT2D eigenvalue weighted by molar-refractivity contribution is 0.102. The van der Waals surface area contributed by atoms with Crippen molar-refractivity contribution in [3.8, 4) is 22.7 Å². The van der Waals surface area contributed by atoms with E-state index in [0.29, 0.717) is 10.0 Å². The molecule has 0 fully saturated rings. The van der Waals surface area contributed by atoms with Crippen LogP contribution in [-0.4, -0.2) is 28.0 Å². The van der Waals surface area contributed by atoms with Crippen LogP contribution in [0, 0.1) is 5.82 Å². The number of carbonyl (C=O) groups is 1. The maximum absolute atomic E-state index is 14.0. The number of carbonyl (C=O) groups excluding carboxylic acids is 1. The maximum Gasteiger partial charge on any atom is 0.255 e. The van der Waals surface area contributed by atoms with Gasteiger partial charge in [0, 0.05) is 15.6 Å². The van der Waals surface area contributed by atoms with E-state index in [1.165, 1.54) is 12.1 Å². The molecule has 150 valence electrons. The molecule has 8 heteroatoms. The van der Waals surface area contributed by atoms with E-state index in [0.717, 1.165) is 22.7 Å². The summed E-state index contributed by atoms with van der Waals surface area (Å²) in [7, 11) is 1.61. The molecule has 0 atom stereocenters. The summed E-state index contributed by atoms with van der Waals surface area (Å²) >= 11 is 3.19. The van der Waals surface area contributed by atoms with Crippen LogP contribution in [-0.2, 0) is 0 Å². The number of nitrogens with one attached hydrogen (secondary N) is 1. The van der Waals surface area contributed by atoms with Crippen LogP contribution in [0.2, 0.25) is 0 Å². The Hall–Kier alpha value is -3.52. The molecular formula is C22H16BrFN4O2. The number of rotatable bonds is 5. The summed E-state index contributed by atoms with van der Waals surface area (Å²) in [5.74, 6) is -0.159. The van der Waals surface area contributed by atoms with Crippen LogP contribution < -0.4 is 10.1 Å². The number of nitrogens with zero attached hydrogens (tertiary/aromatic N) is 3. The van der Waals surface area contributed by atoms with Crippen molar-refractivity contribution in [2.75, 3.05) is 12.4 Å². The van der Waals surface area contributed by atoms with Gasteiger partial charge in [-0.15, -0.1) is 5.10 Å². The summed E-state index contributed by atoms with van der Waals surface area (Å²) in [6.07, 6.45) is 1.67. The molecule has 1 aromatic heterocycles. The minimum absolute atomic E-state index is 0.116. The highest BCUT2D eigenvalue weighted by Gasteiger charge is 2.12. The molecule has 0 saturated carbocycles.